The first-order chi connectivity index (χ1) is 25.5. The molecule has 0 N–H and O–H groups in total. The van der Waals surface area contributed by atoms with Crippen molar-refractivity contribution in [2.45, 2.75) is 77.3 Å². The van der Waals surface area contributed by atoms with Gasteiger partial charge in [-0.1, -0.05) is 121 Å². The number of benzene rings is 4. The topological polar surface area (TPSA) is 93.2 Å². The molecule has 0 atom stereocenters. The van der Waals surface area contributed by atoms with Crippen molar-refractivity contribution < 1.29 is 28.7 Å². The molecular weight excluding hydrogens is 652 g/mol. The fourth-order valence-electron chi connectivity index (χ4n) is 5.88. The van der Waals surface area contributed by atoms with Crippen LogP contribution < -0.4 is 0 Å². The second-order valence-electron chi connectivity index (χ2n) is 12.9. The number of esters is 2. The minimum Gasteiger partial charge on any atom is -0.466 e. The SMILES string of the molecule is O=C(CCCC(=O)N(CCN(Cc1ccccc1)C(=O)CCCC(=O)OCCCc1ccccc1)Cc1ccccc1)OCCCc1ccccc1. The van der Waals surface area contributed by atoms with Crippen LogP contribution in [0.25, 0.3) is 0 Å². The van der Waals surface area contributed by atoms with E-state index in [1.807, 2.05) is 97.1 Å². The number of nitrogens with zero attached hydrogens (tertiary/aromatic N) is 2. The molecule has 0 fully saturated rings. The van der Waals surface area contributed by atoms with Gasteiger partial charge in [0.25, 0.3) is 0 Å². The molecule has 4 rings (SSSR count). The molecule has 0 aliphatic heterocycles. The van der Waals surface area contributed by atoms with Gasteiger partial charge in [-0.05, 0) is 60.8 Å². The van der Waals surface area contributed by atoms with E-state index in [1.54, 1.807) is 9.80 Å². The highest BCUT2D eigenvalue weighted by Gasteiger charge is 2.20. The lowest BCUT2D eigenvalue weighted by molar-refractivity contribution is -0.145. The Hall–Kier alpha value is -5.24. The first-order valence-corrected chi connectivity index (χ1v) is 18.5. The smallest absolute Gasteiger partial charge is 0.305 e. The van der Waals surface area contributed by atoms with Gasteiger partial charge in [0.1, 0.15) is 0 Å². The monoisotopic (exact) mass is 704 g/mol. The highest BCUT2D eigenvalue weighted by molar-refractivity contribution is 5.78. The van der Waals surface area contributed by atoms with Crippen LogP contribution in [0, 0.1) is 0 Å². The normalized spacial score (nSPS) is 10.7. The van der Waals surface area contributed by atoms with Gasteiger partial charge < -0.3 is 19.3 Å². The minimum atomic E-state index is -0.300. The molecule has 8 heteroatoms. The van der Waals surface area contributed by atoms with Gasteiger partial charge in [0, 0.05) is 51.9 Å². The Morgan fingerprint density at radius 2 is 0.731 bits per heavy atom. The van der Waals surface area contributed by atoms with Gasteiger partial charge in [0.05, 0.1) is 13.2 Å². The summed E-state index contributed by atoms with van der Waals surface area (Å²) in [6.07, 6.45) is 4.69. The molecule has 0 bridgehead atoms. The molecular formula is C44H52N2O6. The summed E-state index contributed by atoms with van der Waals surface area (Å²) < 4.78 is 10.8. The number of rotatable bonds is 23. The number of ether oxygens (including phenoxy) is 2. The molecule has 0 spiro atoms. The molecule has 0 heterocycles. The maximum atomic E-state index is 13.5. The molecule has 274 valence electrons. The van der Waals surface area contributed by atoms with Gasteiger partial charge in [-0.25, -0.2) is 0 Å². The van der Waals surface area contributed by atoms with E-state index in [0.717, 1.165) is 36.8 Å². The lowest BCUT2D eigenvalue weighted by Gasteiger charge is -2.28. The third kappa shape index (κ3) is 15.8. The molecule has 0 radical (unpaired) electrons. The summed E-state index contributed by atoms with van der Waals surface area (Å²) in [5.41, 5.74) is 4.38. The third-order valence-corrected chi connectivity index (χ3v) is 8.75. The summed E-state index contributed by atoms with van der Waals surface area (Å²) >= 11 is 0. The maximum Gasteiger partial charge on any atom is 0.305 e. The zero-order chi connectivity index (χ0) is 36.6. The molecule has 0 aliphatic rings. The quantitative estimate of drug-likeness (QED) is 0.0580. The van der Waals surface area contributed by atoms with Crippen molar-refractivity contribution >= 4 is 23.8 Å². The predicted molar refractivity (Wildman–Crippen MR) is 203 cm³/mol. The number of carbonyl (C=O) groups is 4. The molecule has 0 aliphatic carbocycles. The Bertz CT molecular complexity index is 1490. The highest BCUT2D eigenvalue weighted by Crippen LogP contribution is 2.13. The van der Waals surface area contributed by atoms with E-state index in [-0.39, 0.29) is 49.4 Å². The van der Waals surface area contributed by atoms with E-state index in [4.69, 9.17) is 9.47 Å². The van der Waals surface area contributed by atoms with Crippen molar-refractivity contribution in [1.29, 1.82) is 0 Å². The van der Waals surface area contributed by atoms with Crippen LogP contribution in [0.3, 0.4) is 0 Å². The molecule has 52 heavy (non-hydrogen) atoms. The van der Waals surface area contributed by atoms with E-state index in [1.165, 1.54) is 11.1 Å². The summed E-state index contributed by atoms with van der Waals surface area (Å²) in [5.74, 6) is -0.761. The lowest BCUT2D eigenvalue weighted by Crippen LogP contribution is -2.40. The van der Waals surface area contributed by atoms with Gasteiger partial charge >= 0.3 is 11.9 Å². The molecule has 0 unspecified atom stereocenters. The van der Waals surface area contributed by atoms with E-state index in [0.29, 0.717) is 52.2 Å². The average Bonchev–Trinajstić information content (AvgIpc) is 3.17. The second-order valence-corrected chi connectivity index (χ2v) is 12.9. The van der Waals surface area contributed by atoms with Crippen LogP contribution in [0.5, 0.6) is 0 Å². The van der Waals surface area contributed by atoms with E-state index in [2.05, 4.69) is 24.3 Å². The average molecular weight is 705 g/mol. The van der Waals surface area contributed by atoms with Crippen LogP contribution in [0.15, 0.2) is 121 Å². The Morgan fingerprint density at radius 1 is 0.404 bits per heavy atom. The van der Waals surface area contributed by atoms with Gasteiger partial charge in [0.2, 0.25) is 11.8 Å². The first kappa shape index (κ1) is 39.5. The summed E-state index contributed by atoms with van der Waals surface area (Å²) in [6, 6.07) is 39.7. The minimum absolute atomic E-state index is 0.0807. The Labute approximate surface area is 308 Å². The fraction of sp³-hybridized carbons (Fsp3) is 0.364. The fourth-order valence-corrected chi connectivity index (χ4v) is 5.88. The van der Waals surface area contributed by atoms with Crippen LogP contribution in [0.1, 0.15) is 73.6 Å². The lowest BCUT2D eigenvalue weighted by atomic mass is 10.1. The number of hydrogen-bond donors (Lipinski definition) is 0. The second kappa shape index (κ2) is 23.3. The number of amides is 2. The summed E-state index contributed by atoms with van der Waals surface area (Å²) in [6.45, 7) is 2.16. The zero-order valence-corrected chi connectivity index (χ0v) is 30.2. The van der Waals surface area contributed by atoms with Crippen molar-refractivity contribution in [2.75, 3.05) is 26.3 Å². The van der Waals surface area contributed by atoms with Crippen LogP contribution in [-0.2, 0) is 54.6 Å². The Balaban J connectivity index is 1.25. The summed E-state index contributed by atoms with van der Waals surface area (Å²) in [5, 5.41) is 0. The molecule has 0 saturated carbocycles. The predicted octanol–water partition coefficient (Wildman–Crippen LogP) is 7.74. The van der Waals surface area contributed by atoms with Gasteiger partial charge in [-0.3, -0.25) is 19.2 Å². The van der Waals surface area contributed by atoms with Crippen molar-refractivity contribution in [3.63, 3.8) is 0 Å². The van der Waals surface area contributed by atoms with Crippen molar-refractivity contribution in [3.8, 4) is 0 Å². The number of aryl methyl sites for hydroxylation is 2. The maximum absolute atomic E-state index is 13.5. The van der Waals surface area contributed by atoms with Crippen LogP contribution in [0.4, 0.5) is 0 Å². The molecule has 2 amide bonds. The van der Waals surface area contributed by atoms with Crippen LogP contribution >= 0.6 is 0 Å². The highest BCUT2D eigenvalue weighted by atomic mass is 16.5. The number of hydrogen-bond acceptors (Lipinski definition) is 6. The Kier molecular flexibility index (Phi) is 17.7. The summed E-state index contributed by atoms with van der Waals surface area (Å²) in [4.78, 5) is 55.4. The molecule has 8 nitrogen and oxygen atoms in total. The first-order valence-electron chi connectivity index (χ1n) is 18.5. The summed E-state index contributed by atoms with van der Waals surface area (Å²) in [7, 11) is 0. The van der Waals surface area contributed by atoms with Crippen LogP contribution in [-0.4, -0.2) is 59.9 Å². The van der Waals surface area contributed by atoms with Crippen molar-refractivity contribution in [1.82, 2.24) is 9.80 Å². The third-order valence-electron chi connectivity index (χ3n) is 8.75. The van der Waals surface area contributed by atoms with Gasteiger partial charge in [-0.2, -0.15) is 0 Å². The Morgan fingerprint density at radius 3 is 1.08 bits per heavy atom. The van der Waals surface area contributed by atoms with Crippen molar-refractivity contribution in [3.05, 3.63) is 144 Å². The molecule has 4 aromatic carbocycles. The zero-order valence-electron chi connectivity index (χ0n) is 30.2. The van der Waals surface area contributed by atoms with Crippen molar-refractivity contribution in [2.24, 2.45) is 0 Å². The van der Waals surface area contributed by atoms with E-state index in [9.17, 15) is 19.2 Å². The standard InChI is InChI=1S/C44H52N2O6/c47-41(27-13-29-43(49)51-33-15-25-37-17-5-1-6-18-37)45(35-39-21-9-3-10-22-39)31-32-46(36-40-23-11-4-12-24-40)42(48)28-14-30-44(50)52-34-16-26-38-19-7-2-8-20-38/h1-12,17-24H,13-16,25-36H2. The molecule has 0 aromatic heterocycles. The van der Waals surface area contributed by atoms with Gasteiger partial charge in [-0.15, -0.1) is 0 Å². The van der Waals surface area contributed by atoms with E-state index < -0.39 is 0 Å². The molecule has 0 saturated heterocycles. The molecule has 4 aromatic rings. The number of carbonyl (C=O) groups excluding carboxylic acids is 4. The van der Waals surface area contributed by atoms with Gasteiger partial charge in [0.15, 0.2) is 0 Å². The largest absolute Gasteiger partial charge is 0.466 e. The van der Waals surface area contributed by atoms with Crippen LogP contribution in [0.2, 0.25) is 0 Å². The van der Waals surface area contributed by atoms with E-state index >= 15 is 0 Å².